The van der Waals surface area contributed by atoms with Gasteiger partial charge in [0.1, 0.15) is 0 Å². The average Bonchev–Trinajstić information content (AvgIpc) is 3.41. The van der Waals surface area contributed by atoms with Gasteiger partial charge in [0.2, 0.25) is 0 Å². The molecule has 4 aromatic rings. The van der Waals surface area contributed by atoms with Crippen LogP contribution in [0.25, 0.3) is 16.9 Å². The number of hydrogen-bond acceptors (Lipinski definition) is 4. The minimum Gasteiger partial charge on any atom is -0.494 e. The molecule has 7 heteroatoms. The van der Waals surface area contributed by atoms with E-state index in [4.69, 9.17) is 4.74 Å². The molecule has 0 aliphatic rings. The van der Waals surface area contributed by atoms with Gasteiger partial charge < -0.3 is 10.1 Å². The lowest BCUT2D eigenvalue weighted by Gasteiger charge is -2.08. The van der Waals surface area contributed by atoms with Gasteiger partial charge in [-0.05, 0) is 42.0 Å². The summed E-state index contributed by atoms with van der Waals surface area (Å²) in [5, 5.41) is 14.7. The lowest BCUT2D eigenvalue weighted by Crippen LogP contribution is -2.13. The summed E-state index contributed by atoms with van der Waals surface area (Å²) in [5.41, 5.74) is 4.68. The number of hydrogen-bond donors (Lipinski definition) is 2. The Hall–Kier alpha value is -3.45. The first-order valence-electron chi connectivity index (χ1n) is 8.90. The van der Waals surface area contributed by atoms with Crippen molar-refractivity contribution in [3.8, 4) is 22.7 Å². The molecular formula is C21H20FN5O. The number of ether oxygens (including phenoxy) is 1. The smallest absolute Gasteiger partial charge is 0.165 e. The van der Waals surface area contributed by atoms with Crippen LogP contribution in [0.15, 0.2) is 67.1 Å². The van der Waals surface area contributed by atoms with Crippen LogP contribution in [0.4, 0.5) is 4.39 Å². The lowest BCUT2D eigenvalue weighted by atomic mass is 10.1. The molecule has 0 amide bonds. The third-order valence-corrected chi connectivity index (χ3v) is 4.51. The normalized spacial score (nSPS) is 10.9. The Labute approximate surface area is 162 Å². The predicted molar refractivity (Wildman–Crippen MR) is 105 cm³/mol. The maximum absolute atomic E-state index is 14.0. The summed E-state index contributed by atoms with van der Waals surface area (Å²) < 4.78 is 20.8. The standard InChI is InChI=1S/C21H20FN5O/c1-28-20-8-5-16(11-19(20)22)21-17(14-24-26-21)13-23-12-15-3-6-18(7-4-15)27-10-2-9-25-27/h2-11,14,23H,12-13H2,1H3,(H,24,26). The summed E-state index contributed by atoms with van der Waals surface area (Å²) in [5.74, 6) is -0.174. The molecule has 0 spiro atoms. The van der Waals surface area contributed by atoms with Crippen LogP contribution in [-0.4, -0.2) is 27.1 Å². The molecule has 0 radical (unpaired) electrons. The molecule has 6 nitrogen and oxygen atoms in total. The number of aromatic amines is 1. The molecule has 28 heavy (non-hydrogen) atoms. The summed E-state index contributed by atoms with van der Waals surface area (Å²) in [4.78, 5) is 0. The molecule has 2 N–H and O–H groups in total. The third kappa shape index (κ3) is 3.79. The third-order valence-electron chi connectivity index (χ3n) is 4.51. The van der Waals surface area contributed by atoms with Crippen LogP contribution >= 0.6 is 0 Å². The van der Waals surface area contributed by atoms with Crippen molar-refractivity contribution in [1.82, 2.24) is 25.3 Å². The Balaban J connectivity index is 1.40. The topological polar surface area (TPSA) is 67.8 Å². The second-order valence-corrected chi connectivity index (χ2v) is 6.34. The Morgan fingerprint density at radius 1 is 1.14 bits per heavy atom. The summed E-state index contributed by atoms with van der Waals surface area (Å²) in [6.07, 6.45) is 5.42. The number of aromatic nitrogens is 4. The molecule has 0 saturated carbocycles. The molecule has 0 aliphatic carbocycles. The zero-order valence-corrected chi connectivity index (χ0v) is 15.4. The zero-order valence-electron chi connectivity index (χ0n) is 15.4. The van der Waals surface area contributed by atoms with Crippen LogP contribution in [0.5, 0.6) is 5.75 Å². The predicted octanol–water partition coefficient (Wildman–Crippen LogP) is 3.70. The molecule has 0 bridgehead atoms. The van der Waals surface area contributed by atoms with Crippen molar-refractivity contribution in [1.29, 1.82) is 0 Å². The monoisotopic (exact) mass is 377 g/mol. The molecular weight excluding hydrogens is 357 g/mol. The van der Waals surface area contributed by atoms with Crippen LogP contribution in [0.2, 0.25) is 0 Å². The summed E-state index contributed by atoms with van der Waals surface area (Å²) in [7, 11) is 1.45. The van der Waals surface area contributed by atoms with Crippen LogP contribution < -0.4 is 10.1 Å². The number of nitrogens with zero attached hydrogens (tertiary/aromatic N) is 3. The quantitative estimate of drug-likeness (QED) is 0.515. The molecule has 0 atom stereocenters. The van der Waals surface area contributed by atoms with Crippen molar-refractivity contribution < 1.29 is 9.13 Å². The van der Waals surface area contributed by atoms with E-state index < -0.39 is 5.82 Å². The van der Waals surface area contributed by atoms with Crippen LogP contribution in [0.1, 0.15) is 11.1 Å². The fourth-order valence-corrected chi connectivity index (χ4v) is 3.05. The molecule has 2 heterocycles. The highest BCUT2D eigenvalue weighted by atomic mass is 19.1. The van der Waals surface area contributed by atoms with E-state index in [1.807, 2.05) is 35.1 Å². The van der Waals surface area contributed by atoms with Gasteiger partial charge in [0.05, 0.1) is 24.7 Å². The number of halogens is 1. The Bertz CT molecular complexity index is 1040. The molecule has 2 aromatic carbocycles. The second kappa shape index (κ2) is 8.06. The maximum atomic E-state index is 14.0. The van der Waals surface area contributed by atoms with Crippen LogP contribution in [0.3, 0.4) is 0 Å². The van der Waals surface area contributed by atoms with E-state index in [9.17, 15) is 4.39 Å². The van der Waals surface area contributed by atoms with Gasteiger partial charge in [-0.1, -0.05) is 12.1 Å². The lowest BCUT2D eigenvalue weighted by molar-refractivity contribution is 0.386. The molecule has 2 aromatic heterocycles. The van der Waals surface area contributed by atoms with Crippen molar-refractivity contribution >= 4 is 0 Å². The van der Waals surface area contributed by atoms with Gasteiger partial charge in [-0.3, -0.25) is 5.10 Å². The van der Waals surface area contributed by atoms with Gasteiger partial charge in [0, 0.05) is 36.6 Å². The molecule has 0 unspecified atom stereocenters. The molecule has 4 rings (SSSR count). The number of nitrogens with one attached hydrogen (secondary N) is 2. The Morgan fingerprint density at radius 2 is 2.00 bits per heavy atom. The molecule has 0 fully saturated rings. The number of rotatable bonds is 7. The fraction of sp³-hybridized carbons (Fsp3) is 0.143. The highest BCUT2D eigenvalue weighted by molar-refractivity contribution is 5.63. The van der Waals surface area contributed by atoms with Gasteiger partial charge in [0.15, 0.2) is 11.6 Å². The van der Waals surface area contributed by atoms with E-state index in [0.717, 1.165) is 28.1 Å². The SMILES string of the molecule is COc1ccc(-c2[nH]ncc2CNCc2ccc(-n3cccn3)cc2)cc1F. The van der Waals surface area contributed by atoms with E-state index in [0.29, 0.717) is 13.1 Å². The van der Waals surface area contributed by atoms with E-state index in [-0.39, 0.29) is 5.75 Å². The van der Waals surface area contributed by atoms with Gasteiger partial charge in [0.25, 0.3) is 0 Å². The largest absolute Gasteiger partial charge is 0.494 e. The van der Waals surface area contributed by atoms with E-state index in [2.05, 4.69) is 32.7 Å². The van der Waals surface area contributed by atoms with Crippen molar-refractivity contribution in [3.05, 3.63) is 84.1 Å². The summed E-state index contributed by atoms with van der Waals surface area (Å²) >= 11 is 0. The molecule has 0 aliphatic heterocycles. The average molecular weight is 377 g/mol. The minimum absolute atomic E-state index is 0.224. The van der Waals surface area contributed by atoms with Crippen molar-refractivity contribution in [2.24, 2.45) is 0 Å². The molecule has 142 valence electrons. The zero-order chi connectivity index (χ0) is 19.3. The van der Waals surface area contributed by atoms with Crippen molar-refractivity contribution in [2.45, 2.75) is 13.1 Å². The second-order valence-electron chi connectivity index (χ2n) is 6.34. The number of methoxy groups -OCH3 is 1. The van der Waals surface area contributed by atoms with Gasteiger partial charge in [-0.2, -0.15) is 10.2 Å². The maximum Gasteiger partial charge on any atom is 0.165 e. The van der Waals surface area contributed by atoms with E-state index in [1.54, 1.807) is 18.5 Å². The highest BCUT2D eigenvalue weighted by Gasteiger charge is 2.11. The Morgan fingerprint density at radius 3 is 2.71 bits per heavy atom. The molecule has 0 saturated heterocycles. The van der Waals surface area contributed by atoms with Crippen LogP contribution in [0, 0.1) is 5.82 Å². The van der Waals surface area contributed by atoms with Gasteiger partial charge in [-0.25, -0.2) is 9.07 Å². The van der Waals surface area contributed by atoms with Gasteiger partial charge in [-0.15, -0.1) is 0 Å². The van der Waals surface area contributed by atoms with E-state index >= 15 is 0 Å². The first-order valence-corrected chi connectivity index (χ1v) is 8.90. The minimum atomic E-state index is -0.397. The van der Waals surface area contributed by atoms with Crippen molar-refractivity contribution in [3.63, 3.8) is 0 Å². The number of H-pyrrole nitrogens is 1. The van der Waals surface area contributed by atoms with Crippen LogP contribution in [-0.2, 0) is 13.1 Å². The fourth-order valence-electron chi connectivity index (χ4n) is 3.05. The van der Waals surface area contributed by atoms with Crippen molar-refractivity contribution in [2.75, 3.05) is 7.11 Å². The van der Waals surface area contributed by atoms with E-state index in [1.165, 1.54) is 13.2 Å². The summed E-state index contributed by atoms with van der Waals surface area (Å²) in [6, 6.07) is 15.0. The Kier molecular flexibility index (Phi) is 5.16. The first kappa shape index (κ1) is 17.9. The first-order chi connectivity index (χ1) is 13.7. The summed E-state index contributed by atoms with van der Waals surface area (Å²) in [6.45, 7) is 1.32. The van der Waals surface area contributed by atoms with Gasteiger partial charge >= 0.3 is 0 Å². The number of benzene rings is 2. The highest BCUT2D eigenvalue weighted by Crippen LogP contribution is 2.26.